The Labute approximate surface area is 207 Å². The Balaban J connectivity index is 1.47. The smallest absolute Gasteiger partial charge is 0.213 e. The van der Waals surface area contributed by atoms with Gasteiger partial charge >= 0.3 is 0 Å². The fraction of sp³-hybridized carbons (Fsp3) is 1.00. The summed E-state index contributed by atoms with van der Waals surface area (Å²) in [5.74, 6) is 0.393. The van der Waals surface area contributed by atoms with Crippen molar-refractivity contribution < 1.29 is 23.3 Å². The lowest BCUT2D eigenvalue weighted by Gasteiger charge is -2.72. The highest BCUT2D eigenvalue weighted by Gasteiger charge is 2.70. The summed E-state index contributed by atoms with van der Waals surface area (Å²) in [5.41, 5.74) is -0.907. The van der Waals surface area contributed by atoms with E-state index in [2.05, 4.69) is 34.6 Å². The number of alkyl halides is 1. The fourth-order valence-electron chi connectivity index (χ4n) is 9.24. The van der Waals surface area contributed by atoms with Crippen LogP contribution >= 0.6 is 0 Å². The molecule has 0 aromatic rings. The van der Waals surface area contributed by atoms with Crippen LogP contribution in [-0.2, 0) is 18.9 Å². The lowest BCUT2D eigenvalue weighted by atomic mass is 9.36. The minimum absolute atomic E-state index is 0.0344. The van der Waals surface area contributed by atoms with Gasteiger partial charge in [0.25, 0.3) is 0 Å². The van der Waals surface area contributed by atoms with E-state index in [1.54, 1.807) is 6.92 Å². The second-order valence-electron chi connectivity index (χ2n) is 13.7. The maximum Gasteiger partial charge on any atom is 0.213 e. The number of hydrogen-bond acceptors (Lipinski definition) is 4. The van der Waals surface area contributed by atoms with E-state index in [-0.39, 0.29) is 22.7 Å². The van der Waals surface area contributed by atoms with Gasteiger partial charge in [0, 0.05) is 36.9 Å². The van der Waals surface area contributed by atoms with Gasteiger partial charge in [0.2, 0.25) is 5.85 Å². The van der Waals surface area contributed by atoms with E-state index in [4.69, 9.17) is 18.9 Å². The lowest BCUT2D eigenvalue weighted by Crippen LogP contribution is -2.70. The van der Waals surface area contributed by atoms with Crippen LogP contribution < -0.4 is 0 Å². The van der Waals surface area contributed by atoms with E-state index < -0.39 is 17.6 Å². The molecule has 2 saturated heterocycles. The van der Waals surface area contributed by atoms with Crippen LogP contribution in [0.5, 0.6) is 0 Å². The highest BCUT2D eigenvalue weighted by Crippen LogP contribution is 2.73. The quantitative estimate of drug-likeness (QED) is 0.345. The van der Waals surface area contributed by atoms with Crippen molar-refractivity contribution in [3.63, 3.8) is 0 Å². The molecule has 6 rings (SSSR count). The third-order valence-corrected chi connectivity index (χ3v) is 11.4. The molecule has 4 nitrogen and oxygen atoms in total. The van der Waals surface area contributed by atoms with E-state index in [0.717, 1.165) is 57.0 Å². The summed E-state index contributed by atoms with van der Waals surface area (Å²) in [6.45, 7) is 14.4. The van der Waals surface area contributed by atoms with E-state index in [1.165, 1.54) is 32.1 Å². The number of halogens is 1. The molecule has 4 aliphatic carbocycles. The van der Waals surface area contributed by atoms with Gasteiger partial charge in [0.1, 0.15) is 0 Å². The van der Waals surface area contributed by atoms with Gasteiger partial charge in [0.15, 0.2) is 12.6 Å². The first kappa shape index (κ1) is 25.4. The SMILES string of the molecule is CCC(C)(CC(C)(C)C(C)(F)OC1CCCO1)C12CC3CC(CC(C3)C1(C)OC1CCCO1)C2. The third kappa shape index (κ3) is 3.90. The van der Waals surface area contributed by atoms with Crippen LogP contribution in [0.4, 0.5) is 4.39 Å². The Hall–Kier alpha value is -0.230. The van der Waals surface area contributed by atoms with E-state index in [1.807, 2.05) is 0 Å². The lowest BCUT2D eigenvalue weighted by molar-refractivity contribution is -0.334. The molecule has 6 fully saturated rings. The topological polar surface area (TPSA) is 36.9 Å². The van der Waals surface area contributed by atoms with Gasteiger partial charge in [-0.1, -0.05) is 34.1 Å². The van der Waals surface area contributed by atoms with Crippen molar-refractivity contribution >= 4 is 0 Å². The van der Waals surface area contributed by atoms with Crippen LogP contribution in [0, 0.1) is 34.0 Å². The monoisotopic (exact) mass is 480 g/mol. The molecule has 0 aromatic heterocycles. The van der Waals surface area contributed by atoms with Crippen molar-refractivity contribution in [1.82, 2.24) is 0 Å². The van der Waals surface area contributed by atoms with Gasteiger partial charge in [-0.2, -0.15) is 0 Å². The molecule has 196 valence electrons. The van der Waals surface area contributed by atoms with Crippen LogP contribution in [0.15, 0.2) is 0 Å². The van der Waals surface area contributed by atoms with Gasteiger partial charge in [-0.3, -0.25) is 0 Å². The van der Waals surface area contributed by atoms with E-state index >= 15 is 4.39 Å². The molecule has 2 aliphatic heterocycles. The number of ether oxygens (including phenoxy) is 4. The van der Waals surface area contributed by atoms with Gasteiger partial charge in [-0.25, -0.2) is 4.39 Å². The molecule has 6 aliphatic rings. The summed E-state index contributed by atoms with van der Waals surface area (Å²) in [6.07, 6.45) is 11.5. The van der Waals surface area contributed by atoms with Gasteiger partial charge in [-0.15, -0.1) is 0 Å². The number of rotatable bonds is 9. The highest BCUT2D eigenvalue weighted by atomic mass is 19.2. The molecule has 0 amide bonds. The maximum atomic E-state index is 16.3. The van der Waals surface area contributed by atoms with Crippen molar-refractivity contribution in [2.75, 3.05) is 13.2 Å². The molecule has 0 aromatic carbocycles. The predicted octanol–water partition coefficient (Wildman–Crippen LogP) is 7.40. The molecule has 4 bridgehead atoms. The molecular weight excluding hydrogens is 431 g/mol. The molecule has 34 heavy (non-hydrogen) atoms. The molecule has 4 saturated carbocycles. The average molecular weight is 481 g/mol. The first-order chi connectivity index (χ1) is 15.9. The molecule has 0 radical (unpaired) electrons. The van der Waals surface area contributed by atoms with Crippen LogP contribution in [0.1, 0.15) is 112 Å². The summed E-state index contributed by atoms with van der Waals surface area (Å²) in [4.78, 5) is 0. The Bertz CT molecular complexity index is 726. The first-order valence-electron chi connectivity index (χ1n) is 14.2. The number of hydrogen-bond donors (Lipinski definition) is 0. The van der Waals surface area contributed by atoms with Gasteiger partial charge < -0.3 is 18.9 Å². The van der Waals surface area contributed by atoms with Gasteiger partial charge in [0.05, 0.1) is 5.60 Å². The molecular formula is C29H49FO4. The summed E-state index contributed by atoms with van der Waals surface area (Å²) >= 11 is 0. The van der Waals surface area contributed by atoms with Crippen molar-refractivity contribution in [2.45, 2.75) is 136 Å². The summed E-state index contributed by atoms with van der Waals surface area (Å²) in [7, 11) is 0. The first-order valence-corrected chi connectivity index (χ1v) is 14.2. The Kier molecular flexibility index (Phi) is 6.48. The summed E-state index contributed by atoms with van der Waals surface area (Å²) < 4.78 is 41.1. The van der Waals surface area contributed by atoms with Crippen molar-refractivity contribution in [2.24, 2.45) is 34.0 Å². The maximum absolute atomic E-state index is 16.3. The van der Waals surface area contributed by atoms with E-state index in [0.29, 0.717) is 12.5 Å². The zero-order valence-corrected chi connectivity index (χ0v) is 22.6. The van der Waals surface area contributed by atoms with Crippen molar-refractivity contribution in [3.8, 4) is 0 Å². The standard InChI is InChI=1S/C29H49FO4/c1-7-26(4,19-25(2,3)28(6,30)34-24-11-9-13-32-24)29-17-20-14-21(18-29)16-22(15-20)27(29,5)33-23-10-8-12-31-23/h20-24H,7-19H2,1-6H3. The molecule has 7 atom stereocenters. The summed E-state index contributed by atoms with van der Waals surface area (Å²) in [6, 6.07) is 0. The minimum Gasteiger partial charge on any atom is -0.353 e. The second-order valence-corrected chi connectivity index (χ2v) is 13.7. The molecule has 0 N–H and O–H groups in total. The van der Waals surface area contributed by atoms with Gasteiger partial charge in [-0.05, 0) is 88.4 Å². The molecule has 2 heterocycles. The summed E-state index contributed by atoms with van der Waals surface area (Å²) in [5, 5.41) is 0. The molecule has 5 heteroatoms. The zero-order chi connectivity index (χ0) is 24.4. The molecule has 7 unspecified atom stereocenters. The largest absolute Gasteiger partial charge is 0.353 e. The van der Waals surface area contributed by atoms with Crippen molar-refractivity contribution in [3.05, 3.63) is 0 Å². The van der Waals surface area contributed by atoms with Crippen LogP contribution in [0.3, 0.4) is 0 Å². The fourth-order valence-corrected chi connectivity index (χ4v) is 9.24. The van der Waals surface area contributed by atoms with Crippen LogP contribution in [-0.4, -0.2) is 37.2 Å². The zero-order valence-electron chi connectivity index (χ0n) is 22.6. The Morgan fingerprint density at radius 2 is 1.50 bits per heavy atom. The van der Waals surface area contributed by atoms with E-state index in [9.17, 15) is 0 Å². The highest BCUT2D eigenvalue weighted by molar-refractivity contribution is 5.19. The minimum atomic E-state index is -1.76. The predicted molar refractivity (Wildman–Crippen MR) is 131 cm³/mol. The molecule has 0 spiro atoms. The van der Waals surface area contributed by atoms with Crippen LogP contribution in [0.25, 0.3) is 0 Å². The van der Waals surface area contributed by atoms with Crippen LogP contribution in [0.2, 0.25) is 0 Å². The van der Waals surface area contributed by atoms with Crippen molar-refractivity contribution in [1.29, 1.82) is 0 Å². The Morgan fingerprint density at radius 1 is 0.912 bits per heavy atom. The Morgan fingerprint density at radius 3 is 2.03 bits per heavy atom. The normalized spacial score (nSPS) is 45.4. The third-order valence-electron chi connectivity index (χ3n) is 11.4. The second kappa shape index (κ2) is 8.67. The average Bonchev–Trinajstić information content (AvgIpc) is 3.45.